The predicted octanol–water partition coefficient (Wildman–Crippen LogP) is 2.69. The van der Waals surface area contributed by atoms with E-state index in [1.165, 1.54) is 24.3 Å². The number of phenols is 1. The maximum atomic E-state index is 11.6. The number of nitrogens with one attached hydrogen (secondary N) is 1. The lowest BCUT2D eigenvalue weighted by Crippen LogP contribution is -2.05. The third-order valence-electron chi connectivity index (χ3n) is 3.91. The van der Waals surface area contributed by atoms with E-state index in [9.17, 15) is 41.2 Å². The molecule has 0 bridgehead atoms. The molecule has 0 atom stereocenters. The molecule has 3 aromatic rings. The molecule has 0 amide bonds. The number of fused-ring (bicyclic) bond motifs is 1. The summed E-state index contributed by atoms with van der Waals surface area (Å²) in [6, 6.07) is 8.90. The van der Waals surface area contributed by atoms with Gasteiger partial charge in [0.05, 0.1) is 10.6 Å². The van der Waals surface area contributed by atoms with Gasteiger partial charge in [0, 0.05) is 29.3 Å². The monoisotopic (exact) mass is 440 g/mol. The topological polar surface area (TPSA) is 184 Å². The minimum absolute atomic E-state index is 0.0191. The summed E-state index contributed by atoms with van der Waals surface area (Å²) >= 11 is 0. The highest BCUT2D eigenvalue weighted by atomic mass is 32.2. The van der Waals surface area contributed by atoms with E-state index in [4.69, 9.17) is 0 Å². The van der Waals surface area contributed by atoms with Crippen molar-refractivity contribution in [2.45, 2.75) is 9.79 Å². The minimum Gasteiger partial charge on any atom is -0.508 e. The van der Waals surface area contributed by atoms with Gasteiger partial charge in [-0.05, 0) is 29.7 Å². The van der Waals surface area contributed by atoms with Crippen LogP contribution in [-0.2, 0) is 20.2 Å². The van der Waals surface area contributed by atoms with Gasteiger partial charge in [-0.25, -0.2) is 0 Å². The molecule has 0 heterocycles. The van der Waals surface area contributed by atoms with Crippen LogP contribution >= 0.6 is 0 Å². The first-order chi connectivity index (χ1) is 13.4. The molecule has 0 saturated carbocycles. The van der Waals surface area contributed by atoms with Crippen molar-refractivity contribution in [3.05, 3.63) is 58.6 Å². The molecule has 13 heteroatoms. The lowest BCUT2D eigenvalue weighted by molar-refractivity contribution is -0.385. The second-order valence-electron chi connectivity index (χ2n) is 5.89. The highest BCUT2D eigenvalue weighted by Crippen LogP contribution is 2.33. The van der Waals surface area contributed by atoms with Gasteiger partial charge in [0.15, 0.2) is 0 Å². The maximum absolute atomic E-state index is 11.6. The van der Waals surface area contributed by atoms with Crippen LogP contribution in [0.4, 0.5) is 17.1 Å². The fourth-order valence-corrected chi connectivity index (χ4v) is 4.09. The van der Waals surface area contributed by atoms with Gasteiger partial charge in [-0.15, -0.1) is 0 Å². The van der Waals surface area contributed by atoms with Crippen LogP contribution in [0.15, 0.2) is 58.3 Å². The third-order valence-corrected chi connectivity index (χ3v) is 5.70. The molecular weight excluding hydrogens is 428 g/mol. The summed E-state index contributed by atoms with van der Waals surface area (Å²) in [6.07, 6.45) is 0. The summed E-state index contributed by atoms with van der Waals surface area (Å²) in [6.45, 7) is 0. The number of hydrogen-bond donors (Lipinski definition) is 4. The Balaban J connectivity index is 2.17. The number of non-ortho nitro benzene ring substituents is 1. The summed E-state index contributed by atoms with van der Waals surface area (Å²) in [7, 11) is -9.51. The van der Waals surface area contributed by atoms with E-state index < -0.39 is 46.4 Å². The summed E-state index contributed by atoms with van der Waals surface area (Å²) in [5.74, 6) is -0.394. The molecule has 11 nitrogen and oxygen atoms in total. The number of nitrogens with zero attached hydrogens (tertiary/aromatic N) is 1. The summed E-state index contributed by atoms with van der Waals surface area (Å²) in [4.78, 5) is 8.70. The molecule has 0 aliphatic rings. The van der Waals surface area contributed by atoms with Crippen molar-refractivity contribution in [1.82, 2.24) is 0 Å². The molecular formula is C16H12N2O9S2. The van der Waals surface area contributed by atoms with Crippen molar-refractivity contribution in [2.24, 2.45) is 0 Å². The first kappa shape index (κ1) is 20.5. The Morgan fingerprint density at radius 3 is 2.10 bits per heavy atom. The van der Waals surface area contributed by atoms with Gasteiger partial charge in [-0.1, -0.05) is 6.07 Å². The zero-order valence-electron chi connectivity index (χ0n) is 14.2. The van der Waals surface area contributed by atoms with Crippen molar-refractivity contribution in [3.63, 3.8) is 0 Å². The van der Waals surface area contributed by atoms with Gasteiger partial charge in [-0.2, -0.15) is 16.8 Å². The van der Waals surface area contributed by atoms with Gasteiger partial charge in [0.2, 0.25) is 0 Å². The standard InChI is InChI=1S/C16H12N2O9S2/c19-12-5-9-1-2-10(6-13(9)15(8-12)28(22,23)24)17-14-4-3-11(18(20)21)7-16(14)29(25,26)27/h1-8,17,19H,(H,22,23,24)(H,25,26,27). The molecule has 3 rings (SSSR count). The molecule has 0 radical (unpaired) electrons. The third kappa shape index (κ3) is 4.27. The normalized spacial score (nSPS) is 12.1. The van der Waals surface area contributed by atoms with Gasteiger partial charge < -0.3 is 10.4 Å². The number of nitro benzene ring substituents is 1. The maximum Gasteiger partial charge on any atom is 0.296 e. The SMILES string of the molecule is O=[N+]([O-])c1ccc(Nc2ccc3cc(O)cc(S(=O)(=O)O)c3c2)c(S(=O)(=O)O)c1. The van der Waals surface area contributed by atoms with Crippen LogP contribution in [-0.4, -0.2) is 36.0 Å². The highest BCUT2D eigenvalue weighted by molar-refractivity contribution is 7.86. The summed E-state index contributed by atoms with van der Waals surface area (Å²) in [5.41, 5.74) is -0.623. The van der Waals surface area contributed by atoms with Crippen LogP contribution in [0.1, 0.15) is 0 Å². The molecule has 0 aliphatic carbocycles. The van der Waals surface area contributed by atoms with E-state index in [0.29, 0.717) is 6.07 Å². The molecule has 152 valence electrons. The molecule has 4 N–H and O–H groups in total. The molecule has 0 fully saturated rings. The van der Waals surface area contributed by atoms with E-state index in [-0.39, 0.29) is 22.1 Å². The van der Waals surface area contributed by atoms with Crippen LogP contribution in [0.3, 0.4) is 0 Å². The average Bonchev–Trinajstić information content (AvgIpc) is 2.59. The van der Waals surface area contributed by atoms with E-state index in [1.54, 1.807) is 0 Å². The Morgan fingerprint density at radius 2 is 1.52 bits per heavy atom. The second kappa shape index (κ2) is 6.97. The predicted molar refractivity (Wildman–Crippen MR) is 102 cm³/mol. The first-order valence-electron chi connectivity index (χ1n) is 7.63. The molecule has 3 aromatic carbocycles. The highest BCUT2D eigenvalue weighted by Gasteiger charge is 2.21. The lowest BCUT2D eigenvalue weighted by Gasteiger charge is -2.12. The lowest BCUT2D eigenvalue weighted by atomic mass is 10.1. The molecule has 0 unspecified atom stereocenters. The fraction of sp³-hybridized carbons (Fsp3) is 0. The van der Waals surface area contributed by atoms with Gasteiger partial charge in [0.25, 0.3) is 25.9 Å². The minimum atomic E-state index is -4.83. The van der Waals surface area contributed by atoms with E-state index in [1.807, 2.05) is 0 Å². The quantitative estimate of drug-likeness (QED) is 0.261. The van der Waals surface area contributed by atoms with E-state index >= 15 is 0 Å². The Hall–Kier alpha value is -3.26. The van der Waals surface area contributed by atoms with Crippen LogP contribution < -0.4 is 5.32 Å². The van der Waals surface area contributed by atoms with Crippen LogP contribution in [0, 0.1) is 10.1 Å². The van der Waals surface area contributed by atoms with Gasteiger partial charge in [0.1, 0.15) is 15.5 Å². The van der Waals surface area contributed by atoms with E-state index in [2.05, 4.69) is 5.32 Å². The van der Waals surface area contributed by atoms with Gasteiger partial charge >= 0.3 is 0 Å². The van der Waals surface area contributed by atoms with Crippen LogP contribution in [0.2, 0.25) is 0 Å². The first-order valence-corrected chi connectivity index (χ1v) is 10.5. The van der Waals surface area contributed by atoms with E-state index in [0.717, 1.165) is 18.2 Å². The summed E-state index contributed by atoms with van der Waals surface area (Å²) in [5, 5.41) is 23.4. The zero-order valence-corrected chi connectivity index (χ0v) is 15.8. The average molecular weight is 440 g/mol. The zero-order chi connectivity index (χ0) is 21.6. The van der Waals surface area contributed by atoms with Crippen molar-refractivity contribution in [1.29, 1.82) is 0 Å². The number of nitro groups is 1. The number of hydrogen-bond acceptors (Lipinski definition) is 8. The summed E-state index contributed by atoms with van der Waals surface area (Å²) < 4.78 is 65.2. The van der Waals surface area contributed by atoms with Crippen LogP contribution in [0.5, 0.6) is 5.75 Å². The number of rotatable bonds is 5. The Kier molecular flexibility index (Phi) is 4.92. The molecule has 0 saturated heterocycles. The smallest absolute Gasteiger partial charge is 0.296 e. The Labute approximate surface area is 163 Å². The number of aromatic hydroxyl groups is 1. The molecule has 0 spiro atoms. The van der Waals surface area contributed by atoms with Crippen molar-refractivity contribution >= 4 is 48.1 Å². The number of benzene rings is 3. The van der Waals surface area contributed by atoms with Crippen molar-refractivity contribution in [2.75, 3.05) is 5.32 Å². The van der Waals surface area contributed by atoms with Crippen molar-refractivity contribution < 1.29 is 36.0 Å². The molecule has 29 heavy (non-hydrogen) atoms. The number of phenolic OH excluding ortho intramolecular Hbond substituents is 1. The van der Waals surface area contributed by atoms with Crippen molar-refractivity contribution in [3.8, 4) is 5.75 Å². The Bertz CT molecular complexity index is 1370. The fourth-order valence-electron chi connectivity index (χ4n) is 2.70. The van der Waals surface area contributed by atoms with Crippen LogP contribution in [0.25, 0.3) is 10.8 Å². The molecule has 0 aliphatic heterocycles. The Morgan fingerprint density at radius 1 is 0.862 bits per heavy atom. The molecule has 0 aromatic heterocycles. The van der Waals surface area contributed by atoms with Gasteiger partial charge in [-0.3, -0.25) is 19.2 Å². The largest absolute Gasteiger partial charge is 0.508 e. The second-order valence-corrected chi connectivity index (χ2v) is 8.67. The number of anilines is 2.